The molecule has 0 atom stereocenters. The van der Waals surface area contributed by atoms with Gasteiger partial charge in [-0.1, -0.05) is 0 Å². The van der Waals surface area contributed by atoms with E-state index in [1.165, 1.54) is 18.2 Å². The molecule has 1 heterocycles. The monoisotopic (exact) mass is 207 g/mol. The van der Waals surface area contributed by atoms with Crippen molar-refractivity contribution in [3.05, 3.63) is 35.8 Å². The lowest BCUT2D eigenvalue weighted by molar-refractivity contribution is 0.459. The summed E-state index contributed by atoms with van der Waals surface area (Å²) in [5, 5.41) is 6.57. The third-order valence-electron chi connectivity index (χ3n) is 1.87. The molecule has 1 aromatic heterocycles. The number of ether oxygens (including phenoxy) is 1. The quantitative estimate of drug-likeness (QED) is 0.742. The minimum absolute atomic E-state index is 0.265. The molecule has 2 rings (SSSR count). The Bertz CT molecular complexity index is 481. The van der Waals surface area contributed by atoms with Crippen LogP contribution in [0.15, 0.2) is 24.3 Å². The maximum Gasteiger partial charge on any atom is 0.238 e. The number of aromatic nitrogens is 2. The summed E-state index contributed by atoms with van der Waals surface area (Å²) in [6.07, 6.45) is 0. The number of nitrogens with zero attached hydrogens (tertiary/aromatic N) is 1. The van der Waals surface area contributed by atoms with Gasteiger partial charge in [0.1, 0.15) is 5.82 Å². The Labute approximate surface area is 85.9 Å². The van der Waals surface area contributed by atoms with Crippen molar-refractivity contribution in [1.82, 2.24) is 10.2 Å². The Morgan fingerprint density at radius 2 is 2.20 bits per heavy atom. The lowest BCUT2D eigenvalue weighted by Crippen LogP contribution is -1.92. The second-order valence-corrected chi connectivity index (χ2v) is 3.17. The zero-order valence-corrected chi connectivity index (χ0v) is 8.12. The zero-order valence-electron chi connectivity index (χ0n) is 8.12. The molecule has 0 radical (unpaired) electrons. The van der Waals surface area contributed by atoms with Gasteiger partial charge in [0.2, 0.25) is 5.88 Å². The van der Waals surface area contributed by atoms with Gasteiger partial charge in [-0.2, -0.15) is 0 Å². The van der Waals surface area contributed by atoms with Crippen LogP contribution in [0.5, 0.6) is 11.6 Å². The summed E-state index contributed by atoms with van der Waals surface area (Å²) >= 11 is 0. The number of rotatable bonds is 2. The lowest BCUT2D eigenvalue weighted by Gasteiger charge is -2.04. The second kappa shape index (κ2) is 3.61. The smallest absolute Gasteiger partial charge is 0.238 e. The van der Waals surface area contributed by atoms with E-state index >= 15 is 0 Å². The van der Waals surface area contributed by atoms with Crippen molar-refractivity contribution in [1.29, 1.82) is 0 Å². The highest BCUT2D eigenvalue weighted by Gasteiger charge is 2.05. The molecule has 0 aliphatic carbocycles. The summed E-state index contributed by atoms with van der Waals surface area (Å²) in [7, 11) is 0. The van der Waals surface area contributed by atoms with E-state index in [1.54, 1.807) is 6.07 Å². The largest absolute Gasteiger partial charge is 0.435 e. The second-order valence-electron chi connectivity index (χ2n) is 3.17. The zero-order chi connectivity index (χ0) is 10.8. The third-order valence-corrected chi connectivity index (χ3v) is 1.87. The fourth-order valence-corrected chi connectivity index (χ4v) is 1.15. The number of anilines is 1. The first-order chi connectivity index (χ1) is 7.15. The van der Waals surface area contributed by atoms with E-state index in [0.717, 1.165) is 5.69 Å². The van der Waals surface area contributed by atoms with Crippen LogP contribution in [-0.2, 0) is 0 Å². The van der Waals surface area contributed by atoms with Gasteiger partial charge in [-0.25, -0.2) is 4.39 Å². The van der Waals surface area contributed by atoms with Gasteiger partial charge in [0.25, 0.3) is 0 Å². The fraction of sp³-hybridized carbons (Fsp3) is 0.100. The maximum atomic E-state index is 12.9. The predicted molar refractivity (Wildman–Crippen MR) is 54.2 cm³/mol. The predicted octanol–water partition coefficient (Wildman–Crippen LogP) is 2.23. The van der Waals surface area contributed by atoms with Crippen molar-refractivity contribution in [3.8, 4) is 11.6 Å². The summed E-state index contributed by atoms with van der Waals surface area (Å²) in [5.41, 5.74) is 6.85. The van der Waals surface area contributed by atoms with Crippen LogP contribution in [0.2, 0.25) is 0 Å². The molecule has 0 saturated heterocycles. The van der Waals surface area contributed by atoms with E-state index in [1.807, 2.05) is 6.92 Å². The van der Waals surface area contributed by atoms with Crippen molar-refractivity contribution >= 4 is 5.69 Å². The first kappa shape index (κ1) is 9.51. The molecule has 0 saturated carbocycles. The molecule has 0 aliphatic heterocycles. The van der Waals surface area contributed by atoms with E-state index < -0.39 is 5.82 Å². The summed E-state index contributed by atoms with van der Waals surface area (Å²) in [6.45, 7) is 1.84. The first-order valence-electron chi connectivity index (χ1n) is 4.40. The molecule has 2 aromatic rings. The van der Waals surface area contributed by atoms with E-state index in [2.05, 4.69) is 10.2 Å². The summed E-state index contributed by atoms with van der Waals surface area (Å²) in [5.74, 6) is 0.234. The van der Waals surface area contributed by atoms with Gasteiger partial charge in [-0.3, -0.25) is 5.10 Å². The number of aromatic amines is 1. The van der Waals surface area contributed by atoms with Crippen molar-refractivity contribution in [2.75, 3.05) is 5.73 Å². The fourth-order valence-electron chi connectivity index (χ4n) is 1.15. The maximum absolute atomic E-state index is 12.9. The number of H-pyrrole nitrogens is 1. The van der Waals surface area contributed by atoms with Crippen molar-refractivity contribution in [2.24, 2.45) is 0 Å². The number of nitrogen functional groups attached to an aromatic ring is 1. The van der Waals surface area contributed by atoms with Crippen molar-refractivity contribution in [2.45, 2.75) is 6.92 Å². The van der Waals surface area contributed by atoms with Crippen LogP contribution in [0.4, 0.5) is 10.1 Å². The minimum atomic E-state index is -0.397. The number of nitrogens with one attached hydrogen (secondary N) is 1. The van der Waals surface area contributed by atoms with Gasteiger partial charge < -0.3 is 10.5 Å². The molecule has 1 aromatic carbocycles. The van der Waals surface area contributed by atoms with Crippen LogP contribution >= 0.6 is 0 Å². The first-order valence-corrected chi connectivity index (χ1v) is 4.40. The van der Waals surface area contributed by atoms with Gasteiger partial charge in [0, 0.05) is 17.8 Å². The Balaban J connectivity index is 2.27. The highest BCUT2D eigenvalue weighted by molar-refractivity contribution is 5.53. The number of hydrogen-bond donors (Lipinski definition) is 2. The van der Waals surface area contributed by atoms with E-state index in [-0.39, 0.29) is 5.75 Å². The molecular formula is C10H10FN3O. The Morgan fingerprint density at radius 1 is 1.40 bits per heavy atom. The van der Waals surface area contributed by atoms with Gasteiger partial charge in [-0.05, 0) is 19.1 Å². The van der Waals surface area contributed by atoms with Crippen LogP contribution in [0, 0.1) is 12.7 Å². The van der Waals surface area contributed by atoms with Crippen LogP contribution in [0.25, 0.3) is 0 Å². The molecule has 5 heteroatoms. The number of benzene rings is 1. The molecule has 3 N–H and O–H groups in total. The highest BCUT2D eigenvalue weighted by atomic mass is 19.1. The SMILES string of the molecule is Cc1cc(Oc2cc(F)ccc2N)n[nH]1. The third kappa shape index (κ3) is 2.07. The Hall–Kier alpha value is -2.04. The van der Waals surface area contributed by atoms with Gasteiger partial charge in [-0.15, -0.1) is 5.10 Å². The average Bonchev–Trinajstić information content (AvgIpc) is 2.58. The van der Waals surface area contributed by atoms with Gasteiger partial charge >= 0.3 is 0 Å². The van der Waals surface area contributed by atoms with E-state index in [0.29, 0.717) is 11.6 Å². The number of nitrogens with two attached hydrogens (primary N) is 1. The molecule has 0 aliphatic rings. The minimum Gasteiger partial charge on any atom is -0.435 e. The Morgan fingerprint density at radius 3 is 2.87 bits per heavy atom. The van der Waals surface area contributed by atoms with Crippen molar-refractivity contribution in [3.63, 3.8) is 0 Å². The number of halogens is 1. The van der Waals surface area contributed by atoms with Gasteiger partial charge in [0.15, 0.2) is 5.75 Å². The van der Waals surface area contributed by atoms with Crippen LogP contribution in [0.1, 0.15) is 5.69 Å². The normalized spacial score (nSPS) is 10.3. The van der Waals surface area contributed by atoms with Crippen molar-refractivity contribution < 1.29 is 9.13 Å². The summed E-state index contributed by atoms with van der Waals surface area (Å²) < 4.78 is 18.2. The molecule has 0 unspecified atom stereocenters. The molecule has 0 fully saturated rings. The number of hydrogen-bond acceptors (Lipinski definition) is 3. The molecular weight excluding hydrogens is 197 g/mol. The van der Waals surface area contributed by atoms with E-state index in [4.69, 9.17) is 10.5 Å². The standard InChI is InChI=1S/C10H10FN3O/c1-6-4-10(14-13-6)15-9-5-7(11)2-3-8(9)12/h2-5H,12H2,1H3,(H,13,14). The molecule has 78 valence electrons. The molecule has 0 bridgehead atoms. The van der Waals surface area contributed by atoms with Gasteiger partial charge in [0.05, 0.1) is 5.69 Å². The van der Waals surface area contributed by atoms with Crippen LogP contribution in [-0.4, -0.2) is 10.2 Å². The molecule has 0 amide bonds. The lowest BCUT2D eigenvalue weighted by atomic mass is 10.3. The van der Waals surface area contributed by atoms with Crippen LogP contribution in [0.3, 0.4) is 0 Å². The molecule has 15 heavy (non-hydrogen) atoms. The van der Waals surface area contributed by atoms with Crippen LogP contribution < -0.4 is 10.5 Å². The molecule has 4 nitrogen and oxygen atoms in total. The summed E-state index contributed by atoms with van der Waals surface area (Å²) in [6, 6.07) is 5.64. The number of aryl methyl sites for hydroxylation is 1. The van der Waals surface area contributed by atoms with E-state index in [9.17, 15) is 4.39 Å². The topological polar surface area (TPSA) is 63.9 Å². The summed E-state index contributed by atoms with van der Waals surface area (Å²) in [4.78, 5) is 0. The average molecular weight is 207 g/mol. The molecule has 0 spiro atoms. The highest BCUT2D eigenvalue weighted by Crippen LogP contribution is 2.26. The Kier molecular flexibility index (Phi) is 2.29.